The minimum atomic E-state index is -0.804. The largest absolute Gasteiger partial charge is 0.478 e. The average Bonchev–Trinajstić information content (AvgIpc) is 2.43. The van der Waals surface area contributed by atoms with Crippen LogP contribution in [0.15, 0.2) is 11.6 Å². The molecule has 0 amide bonds. The summed E-state index contributed by atoms with van der Waals surface area (Å²) in [5.74, 6) is -0.804. The maximum atomic E-state index is 10.8. The zero-order chi connectivity index (χ0) is 15.2. The van der Waals surface area contributed by atoms with Gasteiger partial charge >= 0.3 is 5.97 Å². The van der Waals surface area contributed by atoms with E-state index in [0.29, 0.717) is 5.57 Å². The molecule has 20 heavy (non-hydrogen) atoms. The third-order valence-corrected chi connectivity index (χ3v) is 3.65. The number of carboxylic acid groups (broad SMARTS) is 1. The lowest BCUT2D eigenvalue weighted by molar-refractivity contribution is -0.132. The molecule has 0 radical (unpaired) electrons. The van der Waals surface area contributed by atoms with Crippen LogP contribution in [0.25, 0.3) is 0 Å². The quantitative estimate of drug-likeness (QED) is 0.400. The lowest BCUT2D eigenvalue weighted by Gasteiger charge is -2.21. The van der Waals surface area contributed by atoms with E-state index in [0.717, 1.165) is 19.6 Å². The van der Waals surface area contributed by atoms with Gasteiger partial charge in [-0.05, 0) is 32.9 Å². The molecule has 0 bridgehead atoms. The Labute approximate surface area is 125 Å². The lowest BCUT2D eigenvalue weighted by Crippen LogP contribution is -2.26. The number of carboxylic acids is 1. The summed E-state index contributed by atoms with van der Waals surface area (Å²) in [4.78, 5) is 13.2. The highest BCUT2D eigenvalue weighted by Crippen LogP contribution is 2.06. The molecular formula is C17H33NO2. The van der Waals surface area contributed by atoms with E-state index in [1.54, 1.807) is 6.92 Å². The molecule has 0 heterocycles. The molecule has 118 valence electrons. The second-order valence-corrected chi connectivity index (χ2v) is 5.61. The first-order chi connectivity index (χ1) is 9.61. The second kappa shape index (κ2) is 13.2. The number of hydrogen-bond donors (Lipinski definition) is 1. The van der Waals surface area contributed by atoms with Gasteiger partial charge in [0.2, 0.25) is 0 Å². The molecule has 0 aromatic heterocycles. The Bertz CT molecular complexity index is 262. The van der Waals surface area contributed by atoms with Crippen molar-refractivity contribution in [3.63, 3.8) is 0 Å². The summed E-state index contributed by atoms with van der Waals surface area (Å²) in [6.07, 6.45) is 12.0. The predicted octanol–water partition coefficient (Wildman–Crippen LogP) is 4.48. The molecule has 0 aromatic rings. The average molecular weight is 283 g/mol. The minimum Gasteiger partial charge on any atom is -0.478 e. The monoisotopic (exact) mass is 283 g/mol. The van der Waals surface area contributed by atoms with E-state index in [2.05, 4.69) is 18.7 Å². The molecule has 0 aliphatic heterocycles. The maximum Gasteiger partial charge on any atom is 0.330 e. The van der Waals surface area contributed by atoms with Gasteiger partial charge in [-0.3, -0.25) is 4.90 Å². The number of aliphatic carboxylic acids is 1. The number of unbranched alkanes of at least 4 members (excludes halogenated alkanes) is 6. The fraction of sp³-hybridized carbons (Fsp3) is 0.824. The van der Waals surface area contributed by atoms with Crippen molar-refractivity contribution >= 4 is 5.97 Å². The topological polar surface area (TPSA) is 40.5 Å². The van der Waals surface area contributed by atoms with Crippen molar-refractivity contribution in [2.75, 3.05) is 19.6 Å². The van der Waals surface area contributed by atoms with Crippen LogP contribution in [0.3, 0.4) is 0 Å². The normalized spacial score (nSPS) is 12.1. The van der Waals surface area contributed by atoms with Gasteiger partial charge in [-0.15, -0.1) is 0 Å². The highest BCUT2D eigenvalue weighted by molar-refractivity contribution is 5.85. The molecule has 3 heteroatoms. The lowest BCUT2D eigenvalue weighted by atomic mass is 10.1. The van der Waals surface area contributed by atoms with Gasteiger partial charge in [0, 0.05) is 12.1 Å². The van der Waals surface area contributed by atoms with E-state index in [9.17, 15) is 4.79 Å². The van der Waals surface area contributed by atoms with E-state index in [4.69, 9.17) is 5.11 Å². The van der Waals surface area contributed by atoms with Gasteiger partial charge in [-0.25, -0.2) is 4.79 Å². The molecule has 0 unspecified atom stereocenters. The van der Waals surface area contributed by atoms with Crippen LogP contribution in [0, 0.1) is 0 Å². The highest BCUT2D eigenvalue weighted by Gasteiger charge is 2.05. The Morgan fingerprint density at radius 1 is 0.950 bits per heavy atom. The van der Waals surface area contributed by atoms with E-state index in [1.165, 1.54) is 51.4 Å². The van der Waals surface area contributed by atoms with E-state index < -0.39 is 5.97 Å². The van der Waals surface area contributed by atoms with Crippen LogP contribution in [-0.2, 0) is 4.79 Å². The molecular weight excluding hydrogens is 250 g/mol. The van der Waals surface area contributed by atoms with Crippen molar-refractivity contribution in [2.24, 2.45) is 0 Å². The molecule has 3 nitrogen and oxygen atoms in total. The van der Waals surface area contributed by atoms with E-state index in [1.807, 2.05) is 6.08 Å². The standard InChI is InChI=1S/C17H33NO2/c1-4-6-8-10-13-18(14-11-9-7-5-2)15-12-16(3)17(19)20/h12H,4-11,13-15H2,1-3H3,(H,19,20). The molecule has 0 rings (SSSR count). The Hall–Kier alpha value is -0.830. The van der Waals surface area contributed by atoms with Gasteiger partial charge in [0.25, 0.3) is 0 Å². The van der Waals surface area contributed by atoms with Crippen LogP contribution in [-0.4, -0.2) is 35.6 Å². The molecule has 0 aliphatic rings. The van der Waals surface area contributed by atoms with Crippen molar-refractivity contribution < 1.29 is 9.90 Å². The van der Waals surface area contributed by atoms with Gasteiger partial charge < -0.3 is 5.11 Å². The SMILES string of the molecule is CCCCCCN(CC=C(C)C(=O)O)CCCCCC. The number of rotatable bonds is 13. The fourth-order valence-corrected chi connectivity index (χ4v) is 2.17. The summed E-state index contributed by atoms with van der Waals surface area (Å²) in [6.45, 7) is 9.08. The smallest absolute Gasteiger partial charge is 0.330 e. The maximum absolute atomic E-state index is 10.8. The first kappa shape index (κ1) is 19.2. The molecule has 0 saturated heterocycles. The third kappa shape index (κ3) is 11.0. The summed E-state index contributed by atoms with van der Waals surface area (Å²) >= 11 is 0. The van der Waals surface area contributed by atoms with Gasteiger partial charge in [-0.1, -0.05) is 58.4 Å². The first-order valence-corrected chi connectivity index (χ1v) is 8.24. The van der Waals surface area contributed by atoms with Crippen molar-refractivity contribution in [3.8, 4) is 0 Å². The molecule has 0 aliphatic carbocycles. The summed E-state index contributed by atoms with van der Waals surface area (Å²) in [6, 6.07) is 0. The Kier molecular flexibility index (Phi) is 12.6. The molecule has 0 fully saturated rings. The van der Waals surface area contributed by atoms with Crippen LogP contribution in [0.2, 0.25) is 0 Å². The van der Waals surface area contributed by atoms with Gasteiger partial charge in [0.15, 0.2) is 0 Å². The van der Waals surface area contributed by atoms with E-state index in [-0.39, 0.29) is 0 Å². The van der Waals surface area contributed by atoms with Crippen LogP contribution >= 0.6 is 0 Å². The molecule has 0 aromatic carbocycles. The fourth-order valence-electron chi connectivity index (χ4n) is 2.17. The van der Waals surface area contributed by atoms with Crippen LogP contribution in [0.5, 0.6) is 0 Å². The number of nitrogens with zero attached hydrogens (tertiary/aromatic N) is 1. The van der Waals surface area contributed by atoms with Gasteiger partial charge in [0.1, 0.15) is 0 Å². The minimum absolute atomic E-state index is 0.456. The van der Waals surface area contributed by atoms with Crippen LogP contribution < -0.4 is 0 Å². The van der Waals surface area contributed by atoms with Crippen LogP contribution in [0.4, 0.5) is 0 Å². The third-order valence-electron chi connectivity index (χ3n) is 3.65. The summed E-state index contributed by atoms with van der Waals surface area (Å²) in [5, 5.41) is 8.90. The second-order valence-electron chi connectivity index (χ2n) is 5.61. The van der Waals surface area contributed by atoms with Gasteiger partial charge in [0.05, 0.1) is 0 Å². The van der Waals surface area contributed by atoms with Gasteiger partial charge in [-0.2, -0.15) is 0 Å². The van der Waals surface area contributed by atoms with Crippen LogP contribution in [0.1, 0.15) is 72.1 Å². The number of hydrogen-bond acceptors (Lipinski definition) is 2. The highest BCUT2D eigenvalue weighted by atomic mass is 16.4. The Morgan fingerprint density at radius 2 is 1.45 bits per heavy atom. The van der Waals surface area contributed by atoms with Crippen molar-refractivity contribution in [1.82, 2.24) is 4.90 Å². The van der Waals surface area contributed by atoms with E-state index >= 15 is 0 Å². The molecule has 0 saturated carbocycles. The summed E-state index contributed by atoms with van der Waals surface area (Å²) in [7, 11) is 0. The Balaban J connectivity index is 4.09. The van der Waals surface area contributed by atoms with Crippen molar-refractivity contribution in [1.29, 1.82) is 0 Å². The van der Waals surface area contributed by atoms with Crippen molar-refractivity contribution in [2.45, 2.75) is 72.1 Å². The summed E-state index contributed by atoms with van der Waals surface area (Å²) in [5.41, 5.74) is 0.456. The molecule has 0 spiro atoms. The predicted molar refractivity (Wildman–Crippen MR) is 86.1 cm³/mol. The summed E-state index contributed by atoms with van der Waals surface area (Å²) < 4.78 is 0. The zero-order valence-corrected chi connectivity index (χ0v) is 13.7. The number of carbonyl (C=O) groups is 1. The van der Waals surface area contributed by atoms with Crippen molar-refractivity contribution in [3.05, 3.63) is 11.6 Å². The molecule has 0 atom stereocenters. The Morgan fingerprint density at radius 3 is 1.85 bits per heavy atom. The molecule has 1 N–H and O–H groups in total. The first-order valence-electron chi connectivity index (χ1n) is 8.24. The zero-order valence-electron chi connectivity index (χ0n) is 13.7.